The zero-order valence-electron chi connectivity index (χ0n) is 10.7. The maximum atomic E-state index is 12.5. The zero-order chi connectivity index (χ0) is 14.1. The van der Waals surface area contributed by atoms with Crippen LogP contribution in [0.25, 0.3) is 11.1 Å². The fourth-order valence-corrected chi connectivity index (χ4v) is 2.67. The van der Waals surface area contributed by atoms with Gasteiger partial charge in [0.1, 0.15) is 0 Å². The minimum atomic E-state index is -0.519. The van der Waals surface area contributed by atoms with Gasteiger partial charge >= 0.3 is 5.76 Å². The number of rotatable bonds is 3. The molecule has 0 aliphatic heterocycles. The normalized spacial score (nSPS) is 10.8. The van der Waals surface area contributed by atoms with Gasteiger partial charge in [-0.25, -0.2) is 4.79 Å². The highest BCUT2D eigenvalue weighted by molar-refractivity contribution is 7.98. The zero-order valence-corrected chi connectivity index (χ0v) is 11.5. The third-order valence-corrected chi connectivity index (χ3v) is 3.83. The minimum absolute atomic E-state index is 0.0827. The molecule has 0 spiro atoms. The topological polar surface area (TPSA) is 63.1 Å². The van der Waals surface area contributed by atoms with E-state index in [0.717, 1.165) is 4.90 Å². The van der Waals surface area contributed by atoms with Crippen LogP contribution in [-0.2, 0) is 0 Å². The Bertz CT molecular complexity index is 847. The second-order valence-corrected chi connectivity index (χ2v) is 5.10. The largest absolute Gasteiger partial charge is 0.417 e. The number of benzene rings is 2. The Hall–Kier alpha value is -2.27. The van der Waals surface area contributed by atoms with Gasteiger partial charge in [0.25, 0.3) is 0 Å². The molecule has 1 aromatic heterocycles. The molecule has 1 N–H and O–H groups in total. The van der Waals surface area contributed by atoms with Gasteiger partial charge in [0.05, 0.1) is 5.52 Å². The molecule has 0 aliphatic rings. The van der Waals surface area contributed by atoms with Crippen molar-refractivity contribution in [2.24, 2.45) is 0 Å². The number of aromatic amines is 1. The summed E-state index contributed by atoms with van der Waals surface area (Å²) in [5.41, 5.74) is 2.13. The van der Waals surface area contributed by atoms with Crippen molar-refractivity contribution < 1.29 is 9.21 Å². The molecule has 2 aromatic carbocycles. The lowest BCUT2D eigenvalue weighted by molar-refractivity contribution is 0.103. The fraction of sp³-hybridized carbons (Fsp3) is 0.0667. The highest BCUT2D eigenvalue weighted by Gasteiger charge is 2.14. The Morgan fingerprint density at radius 1 is 1.20 bits per heavy atom. The van der Waals surface area contributed by atoms with Crippen LogP contribution in [0.5, 0.6) is 0 Å². The van der Waals surface area contributed by atoms with Gasteiger partial charge in [-0.2, -0.15) is 0 Å². The monoisotopic (exact) mass is 285 g/mol. The quantitative estimate of drug-likeness (QED) is 0.593. The van der Waals surface area contributed by atoms with E-state index in [9.17, 15) is 9.59 Å². The molecular formula is C15H11NO3S. The molecule has 0 fully saturated rings. The van der Waals surface area contributed by atoms with Crippen molar-refractivity contribution in [2.75, 3.05) is 6.26 Å². The Morgan fingerprint density at radius 3 is 2.80 bits per heavy atom. The molecule has 0 saturated carbocycles. The van der Waals surface area contributed by atoms with Gasteiger partial charge < -0.3 is 4.42 Å². The molecule has 100 valence electrons. The second kappa shape index (κ2) is 5.02. The number of ketones is 1. The van der Waals surface area contributed by atoms with E-state index in [0.29, 0.717) is 22.2 Å². The predicted molar refractivity (Wildman–Crippen MR) is 78.5 cm³/mol. The first-order valence-corrected chi connectivity index (χ1v) is 7.22. The van der Waals surface area contributed by atoms with Gasteiger partial charge in [0.2, 0.25) is 0 Å². The van der Waals surface area contributed by atoms with E-state index in [2.05, 4.69) is 4.98 Å². The lowest BCUT2D eigenvalue weighted by Gasteiger charge is -2.05. The van der Waals surface area contributed by atoms with E-state index in [1.807, 2.05) is 24.5 Å². The molecule has 5 heteroatoms. The van der Waals surface area contributed by atoms with Gasteiger partial charge in [0, 0.05) is 16.0 Å². The summed E-state index contributed by atoms with van der Waals surface area (Å²) in [4.78, 5) is 27.1. The van der Waals surface area contributed by atoms with E-state index in [-0.39, 0.29) is 5.78 Å². The van der Waals surface area contributed by atoms with Crippen LogP contribution in [0, 0.1) is 0 Å². The number of carbonyl (C=O) groups excluding carboxylic acids is 1. The Balaban J connectivity index is 2.09. The van der Waals surface area contributed by atoms with Crippen LogP contribution in [0.2, 0.25) is 0 Å². The standard InChI is InChI=1S/C15H11NO3S/c1-20-13-5-3-2-4-10(13)14(17)9-6-7-11-12(8-9)19-15(18)16-11/h2-8H,1H3,(H,16,18). The summed E-state index contributed by atoms with van der Waals surface area (Å²) in [7, 11) is 0. The van der Waals surface area contributed by atoms with E-state index in [4.69, 9.17) is 4.42 Å². The van der Waals surface area contributed by atoms with Gasteiger partial charge in [-0.3, -0.25) is 9.78 Å². The number of carbonyl (C=O) groups is 1. The molecule has 0 unspecified atom stereocenters. The molecule has 0 saturated heterocycles. The highest BCUT2D eigenvalue weighted by atomic mass is 32.2. The summed E-state index contributed by atoms with van der Waals surface area (Å²) in [6, 6.07) is 12.4. The SMILES string of the molecule is CSc1ccccc1C(=O)c1ccc2[nH]c(=O)oc2c1. The molecule has 20 heavy (non-hydrogen) atoms. The molecule has 3 rings (SSSR count). The lowest BCUT2D eigenvalue weighted by atomic mass is 10.0. The molecule has 0 bridgehead atoms. The van der Waals surface area contributed by atoms with Crippen LogP contribution < -0.4 is 5.76 Å². The van der Waals surface area contributed by atoms with Crippen molar-refractivity contribution >= 4 is 28.6 Å². The van der Waals surface area contributed by atoms with Gasteiger partial charge in [-0.15, -0.1) is 11.8 Å². The van der Waals surface area contributed by atoms with Crippen molar-refractivity contribution in [3.05, 3.63) is 64.1 Å². The van der Waals surface area contributed by atoms with Crippen molar-refractivity contribution in [2.45, 2.75) is 4.90 Å². The average molecular weight is 285 g/mol. The molecular weight excluding hydrogens is 274 g/mol. The smallest absolute Gasteiger partial charge is 0.408 e. The van der Waals surface area contributed by atoms with Crippen LogP contribution in [0.4, 0.5) is 0 Å². The van der Waals surface area contributed by atoms with Crippen molar-refractivity contribution in [3.8, 4) is 0 Å². The molecule has 3 aromatic rings. The number of thioether (sulfide) groups is 1. The Morgan fingerprint density at radius 2 is 2.00 bits per heavy atom. The van der Waals surface area contributed by atoms with Gasteiger partial charge in [-0.1, -0.05) is 12.1 Å². The first kappa shape index (κ1) is 12.7. The molecule has 0 radical (unpaired) electrons. The lowest BCUT2D eigenvalue weighted by Crippen LogP contribution is -2.02. The van der Waals surface area contributed by atoms with Crippen LogP contribution >= 0.6 is 11.8 Å². The molecule has 0 aliphatic carbocycles. The average Bonchev–Trinajstić information content (AvgIpc) is 2.85. The highest BCUT2D eigenvalue weighted by Crippen LogP contribution is 2.23. The van der Waals surface area contributed by atoms with E-state index in [1.165, 1.54) is 11.8 Å². The number of H-pyrrole nitrogens is 1. The number of hydrogen-bond donors (Lipinski definition) is 1. The number of aromatic nitrogens is 1. The van der Waals surface area contributed by atoms with Crippen molar-refractivity contribution in [1.82, 2.24) is 4.98 Å². The summed E-state index contributed by atoms with van der Waals surface area (Å²) in [5.74, 6) is -0.602. The molecule has 1 heterocycles. The number of nitrogens with one attached hydrogen (secondary N) is 1. The van der Waals surface area contributed by atoms with Crippen molar-refractivity contribution in [1.29, 1.82) is 0 Å². The Kier molecular flexibility index (Phi) is 3.20. The summed E-state index contributed by atoms with van der Waals surface area (Å²) >= 11 is 1.53. The maximum absolute atomic E-state index is 12.5. The summed E-state index contributed by atoms with van der Waals surface area (Å²) in [6.07, 6.45) is 1.93. The fourth-order valence-electron chi connectivity index (χ4n) is 2.07. The predicted octanol–water partition coefficient (Wildman–Crippen LogP) is 3.07. The third kappa shape index (κ3) is 2.16. The number of hydrogen-bond acceptors (Lipinski definition) is 4. The third-order valence-electron chi connectivity index (χ3n) is 3.03. The van der Waals surface area contributed by atoms with E-state index in [1.54, 1.807) is 24.3 Å². The summed E-state index contributed by atoms with van der Waals surface area (Å²) < 4.78 is 4.98. The van der Waals surface area contributed by atoms with Crippen LogP contribution in [0.1, 0.15) is 15.9 Å². The first-order chi connectivity index (χ1) is 9.69. The first-order valence-electron chi connectivity index (χ1n) is 5.99. The van der Waals surface area contributed by atoms with Gasteiger partial charge in [0.15, 0.2) is 11.4 Å². The number of fused-ring (bicyclic) bond motifs is 1. The molecule has 0 atom stereocenters. The minimum Gasteiger partial charge on any atom is -0.408 e. The van der Waals surface area contributed by atoms with E-state index < -0.39 is 5.76 Å². The van der Waals surface area contributed by atoms with E-state index >= 15 is 0 Å². The second-order valence-electron chi connectivity index (χ2n) is 4.25. The Labute approximate surface area is 118 Å². The van der Waals surface area contributed by atoms with Crippen LogP contribution in [-0.4, -0.2) is 17.0 Å². The van der Waals surface area contributed by atoms with Gasteiger partial charge in [-0.05, 0) is 36.6 Å². The molecule has 4 nitrogen and oxygen atoms in total. The van der Waals surface area contributed by atoms with Crippen LogP contribution in [0.15, 0.2) is 56.6 Å². The summed E-state index contributed by atoms with van der Waals surface area (Å²) in [6.45, 7) is 0. The maximum Gasteiger partial charge on any atom is 0.417 e. The molecule has 0 amide bonds. The summed E-state index contributed by atoms with van der Waals surface area (Å²) in [5, 5.41) is 0. The number of oxazole rings is 1. The van der Waals surface area contributed by atoms with Crippen LogP contribution in [0.3, 0.4) is 0 Å². The van der Waals surface area contributed by atoms with Crippen molar-refractivity contribution in [3.63, 3.8) is 0 Å².